The fourth-order valence-electron chi connectivity index (χ4n) is 2.74. The van der Waals surface area contributed by atoms with E-state index in [0.717, 1.165) is 19.3 Å². The molecule has 1 aromatic carbocycles. The molecule has 0 radical (unpaired) electrons. The molecule has 1 aliphatic rings. The van der Waals surface area contributed by atoms with Gasteiger partial charge in [0.05, 0.1) is 6.20 Å². The summed E-state index contributed by atoms with van der Waals surface area (Å²) < 4.78 is 5.50. The zero-order chi connectivity index (χ0) is 16.8. The fraction of sp³-hybridized carbons (Fsp3) is 0.333. The predicted octanol–water partition coefficient (Wildman–Crippen LogP) is 2.39. The molecular formula is C18H19N3O3. The first-order chi connectivity index (χ1) is 11.8. The first kappa shape index (κ1) is 16.1. The normalized spacial score (nSPS) is 15.6. The van der Waals surface area contributed by atoms with Gasteiger partial charge in [-0.25, -0.2) is 9.78 Å². The van der Waals surface area contributed by atoms with Gasteiger partial charge in [-0.1, -0.05) is 30.3 Å². The van der Waals surface area contributed by atoms with Crippen LogP contribution in [0.5, 0.6) is 0 Å². The van der Waals surface area contributed by atoms with E-state index in [1.165, 1.54) is 18.6 Å². The van der Waals surface area contributed by atoms with E-state index >= 15 is 0 Å². The van der Waals surface area contributed by atoms with Gasteiger partial charge in [-0.05, 0) is 19.3 Å². The average Bonchev–Trinajstić information content (AvgIpc) is 2.67. The van der Waals surface area contributed by atoms with Gasteiger partial charge in [-0.2, -0.15) is 0 Å². The summed E-state index contributed by atoms with van der Waals surface area (Å²) in [6.07, 6.45) is 6.34. The van der Waals surface area contributed by atoms with Crippen LogP contribution in [0, 0.1) is 0 Å². The second-order valence-corrected chi connectivity index (χ2v) is 5.67. The third-order valence-corrected chi connectivity index (χ3v) is 3.99. The van der Waals surface area contributed by atoms with Crippen molar-refractivity contribution in [1.29, 1.82) is 0 Å². The van der Waals surface area contributed by atoms with Crippen LogP contribution in [0.4, 0.5) is 0 Å². The third kappa shape index (κ3) is 3.76. The van der Waals surface area contributed by atoms with Gasteiger partial charge in [0.1, 0.15) is 0 Å². The van der Waals surface area contributed by atoms with Crippen LogP contribution >= 0.6 is 0 Å². The van der Waals surface area contributed by atoms with Gasteiger partial charge >= 0.3 is 5.97 Å². The van der Waals surface area contributed by atoms with Gasteiger partial charge in [-0.3, -0.25) is 9.78 Å². The van der Waals surface area contributed by atoms with E-state index in [9.17, 15) is 9.59 Å². The van der Waals surface area contributed by atoms with Gasteiger partial charge in [0, 0.05) is 31.0 Å². The van der Waals surface area contributed by atoms with E-state index < -0.39 is 12.1 Å². The third-order valence-electron chi connectivity index (χ3n) is 3.99. The summed E-state index contributed by atoms with van der Waals surface area (Å²) in [4.78, 5) is 34.8. The summed E-state index contributed by atoms with van der Waals surface area (Å²) in [6, 6.07) is 9.08. The maximum atomic E-state index is 12.9. The van der Waals surface area contributed by atoms with Crippen molar-refractivity contribution in [3.8, 4) is 0 Å². The van der Waals surface area contributed by atoms with Gasteiger partial charge in [0.25, 0.3) is 5.91 Å². The maximum Gasteiger partial charge on any atom is 0.359 e. The number of likely N-dealkylation sites (tertiary alicyclic amines) is 1. The zero-order valence-electron chi connectivity index (χ0n) is 13.3. The van der Waals surface area contributed by atoms with Crippen molar-refractivity contribution >= 4 is 11.9 Å². The van der Waals surface area contributed by atoms with Gasteiger partial charge in [0.2, 0.25) is 6.10 Å². The Morgan fingerprint density at radius 3 is 2.46 bits per heavy atom. The second-order valence-electron chi connectivity index (χ2n) is 5.67. The number of piperidine rings is 1. The van der Waals surface area contributed by atoms with Crippen molar-refractivity contribution in [2.45, 2.75) is 25.4 Å². The summed E-state index contributed by atoms with van der Waals surface area (Å²) in [6.45, 7) is 1.40. The van der Waals surface area contributed by atoms with E-state index in [1.54, 1.807) is 17.0 Å². The number of hydrogen-bond donors (Lipinski definition) is 0. The average molecular weight is 325 g/mol. The van der Waals surface area contributed by atoms with Crippen molar-refractivity contribution in [2.24, 2.45) is 0 Å². The lowest BCUT2D eigenvalue weighted by molar-refractivity contribution is -0.142. The number of aromatic nitrogens is 2. The Morgan fingerprint density at radius 2 is 1.79 bits per heavy atom. The van der Waals surface area contributed by atoms with E-state index in [1.807, 2.05) is 18.2 Å². The Kier molecular flexibility index (Phi) is 5.15. The molecule has 3 rings (SSSR count). The van der Waals surface area contributed by atoms with E-state index in [0.29, 0.717) is 18.7 Å². The summed E-state index contributed by atoms with van der Waals surface area (Å²) in [5.74, 6) is -0.833. The number of ether oxygens (including phenoxy) is 1. The molecule has 124 valence electrons. The predicted molar refractivity (Wildman–Crippen MR) is 87.1 cm³/mol. The molecule has 1 aromatic heterocycles. The first-order valence-electron chi connectivity index (χ1n) is 8.06. The van der Waals surface area contributed by atoms with Crippen LogP contribution < -0.4 is 0 Å². The monoisotopic (exact) mass is 325 g/mol. The highest BCUT2D eigenvalue weighted by Crippen LogP contribution is 2.23. The van der Waals surface area contributed by atoms with E-state index in [2.05, 4.69) is 9.97 Å². The minimum absolute atomic E-state index is 0.0878. The van der Waals surface area contributed by atoms with Crippen LogP contribution in [0.25, 0.3) is 0 Å². The molecule has 2 aromatic rings. The quantitative estimate of drug-likeness (QED) is 0.807. The minimum Gasteiger partial charge on any atom is -0.443 e. The van der Waals surface area contributed by atoms with Crippen LogP contribution in [0.3, 0.4) is 0 Å². The summed E-state index contributed by atoms with van der Waals surface area (Å²) in [7, 11) is 0. The molecule has 2 heterocycles. The highest BCUT2D eigenvalue weighted by molar-refractivity contribution is 5.91. The Labute approximate surface area is 140 Å². The molecule has 1 saturated heterocycles. The van der Waals surface area contributed by atoms with Crippen molar-refractivity contribution in [3.05, 3.63) is 60.2 Å². The van der Waals surface area contributed by atoms with Crippen molar-refractivity contribution in [1.82, 2.24) is 14.9 Å². The number of hydrogen-bond acceptors (Lipinski definition) is 5. The first-order valence-corrected chi connectivity index (χ1v) is 8.06. The van der Waals surface area contributed by atoms with Gasteiger partial charge < -0.3 is 9.64 Å². The maximum absolute atomic E-state index is 12.9. The molecule has 6 heteroatoms. The topological polar surface area (TPSA) is 72.4 Å². The largest absolute Gasteiger partial charge is 0.443 e. The molecule has 6 nitrogen and oxygen atoms in total. The molecule has 0 bridgehead atoms. The molecular weight excluding hydrogens is 306 g/mol. The number of esters is 1. The second kappa shape index (κ2) is 7.68. The lowest BCUT2D eigenvalue weighted by Crippen LogP contribution is -2.40. The number of nitrogens with zero attached hydrogens (tertiary/aromatic N) is 3. The Morgan fingerprint density at radius 1 is 1.04 bits per heavy atom. The molecule has 0 aliphatic carbocycles. The Bertz CT molecular complexity index is 685. The van der Waals surface area contributed by atoms with Crippen LogP contribution in [-0.2, 0) is 9.53 Å². The molecule has 1 aliphatic heterocycles. The number of amides is 1. The Balaban J connectivity index is 1.82. The number of rotatable bonds is 4. The molecule has 0 unspecified atom stereocenters. The van der Waals surface area contributed by atoms with E-state index in [4.69, 9.17) is 4.74 Å². The highest BCUT2D eigenvalue weighted by atomic mass is 16.5. The molecule has 1 fully saturated rings. The summed E-state index contributed by atoms with van der Waals surface area (Å²) >= 11 is 0. The number of benzene rings is 1. The van der Waals surface area contributed by atoms with Crippen LogP contribution in [0.1, 0.15) is 41.4 Å². The number of carbonyl (C=O) groups excluding carboxylic acids is 2. The smallest absolute Gasteiger partial charge is 0.359 e. The van der Waals surface area contributed by atoms with Crippen molar-refractivity contribution < 1.29 is 14.3 Å². The van der Waals surface area contributed by atoms with Crippen molar-refractivity contribution in [2.75, 3.05) is 13.1 Å². The highest BCUT2D eigenvalue weighted by Gasteiger charge is 2.30. The lowest BCUT2D eigenvalue weighted by Gasteiger charge is -2.30. The van der Waals surface area contributed by atoms with Crippen LogP contribution in [-0.4, -0.2) is 39.8 Å². The molecule has 0 saturated carbocycles. The summed E-state index contributed by atoms with van der Waals surface area (Å²) in [5.41, 5.74) is 0.746. The lowest BCUT2D eigenvalue weighted by atomic mass is 10.1. The molecule has 0 spiro atoms. The van der Waals surface area contributed by atoms with Gasteiger partial charge in [0.15, 0.2) is 5.69 Å². The number of carbonyl (C=O) groups is 2. The van der Waals surface area contributed by atoms with Crippen LogP contribution in [0.2, 0.25) is 0 Å². The van der Waals surface area contributed by atoms with Crippen molar-refractivity contribution in [3.63, 3.8) is 0 Å². The minimum atomic E-state index is -0.959. The summed E-state index contributed by atoms with van der Waals surface area (Å²) in [5, 5.41) is 0. The van der Waals surface area contributed by atoms with E-state index in [-0.39, 0.29) is 11.6 Å². The SMILES string of the molecule is O=C(O[C@@H](C(=O)N1CCCCC1)c1ccccc1)c1cnccn1. The molecule has 0 N–H and O–H groups in total. The molecule has 1 amide bonds. The Hall–Kier alpha value is -2.76. The standard InChI is InChI=1S/C18H19N3O3/c22-17(21-11-5-2-6-12-21)16(14-7-3-1-4-8-14)24-18(23)15-13-19-9-10-20-15/h1,3-4,7-10,13,16H,2,5-6,11-12H2/t16-/m1/s1. The fourth-order valence-corrected chi connectivity index (χ4v) is 2.74. The van der Waals surface area contributed by atoms with Crippen LogP contribution in [0.15, 0.2) is 48.9 Å². The van der Waals surface area contributed by atoms with Gasteiger partial charge in [-0.15, -0.1) is 0 Å². The molecule has 24 heavy (non-hydrogen) atoms. The molecule has 1 atom stereocenters. The zero-order valence-corrected chi connectivity index (χ0v) is 13.3.